The van der Waals surface area contributed by atoms with Crippen LogP contribution in [-0.4, -0.2) is 27.3 Å². The maximum Gasteiger partial charge on any atom is 0.430 e. The molecule has 3 N–H and O–H groups in total. The number of nitrogens with one attached hydrogen (secondary N) is 1. The minimum atomic E-state index is -1.20. The van der Waals surface area contributed by atoms with E-state index in [0.717, 1.165) is 17.4 Å². The van der Waals surface area contributed by atoms with Gasteiger partial charge in [0.2, 0.25) is 0 Å². The molecular weight excluding hydrogens is 164 g/mol. The molecule has 6 heteroatoms. The molecule has 0 bridgehead atoms. The van der Waals surface area contributed by atoms with E-state index < -0.39 is 12.1 Å². The number of nitrogens with zero attached hydrogens (tertiary/aromatic N) is 1. The van der Waals surface area contributed by atoms with Crippen molar-refractivity contribution in [1.82, 2.24) is 10.4 Å². The summed E-state index contributed by atoms with van der Waals surface area (Å²) < 4.78 is 0. The molecule has 1 amide bonds. The van der Waals surface area contributed by atoms with Crippen LogP contribution in [0.25, 0.3) is 0 Å². The molecule has 1 aliphatic heterocycles. The van der Waals surface area contributed by atoms with Crippen molar-refractivity contribution in [3.8, 4) is 0 Å². The van der Waals surface area contributed by atoms with Gasteiger partial charge in [0.25, 0.3) is 0 Å². The van der Waals surface area contributed by atoms with Gasteiger partial charge in [0.1, 0.15) is 0 Å². The second-order valence-corrected chi connectivity index (χ2v) is 2.00. The molecule has 1 rings (SSSR count). The van der Waals surface area contributed by atoms with Crippen LogP contribution in [0.5, 0.6) is 0 Å². The number of hydrogen-bond acceptors (Lipinski definition) is 3. The van der Waals surface area contributed by atoms with Gasteiger partial charge in [0, 0.05) is 12.4 Å². The third kappa shape index (κ3) is 1.54. The van der Waals surface area contributed by atoms with Gasteiger partial charge in [0.15, 0.2) is 0 Å². The van der Waals surface area contributed by atoms with Crippen LogP contribution in [0.15, 0.2) is 24.0 Å². The normalized spacial score (nSPS) is 15.0. The second-order valence-electron chi connectivity index (χ2n) is 2.00. The third-order valence-corrected chi connectivity index (χ3v) is 1.22. The number of aliphatic carboxylic acids is 1. The summed E-state index contributed by atoms with van der Waals surface area (Å²) in [7, 11) is 0. The smallest absolute Gasteiger partial charge is 0.430 e. The Kier molecular flexibility index (Phi) is 2.00. The SMILES string of the molecule is O=C(O)C1=CNN(C(=O)O)C=C1. The summed E-state index contributed by atoms with van der Waals surface area (Å²) in [5, 5.41) is 17.6. The van der Waals surface area contributed by atoms with Gasteiger partial charge < -0.3 is 10.2 Å². The molecular formula is C6H6N2O4. The van der Waals surface area contributed by atoms with Gasteiger partial charge in [-0.15, -0.1) is 0 Å². The lowest BCUT2D eigenvalue weighted by Crippen LogP contribution is -2.36. The fourth-order valence-corrected chi connectivity index (χ4v) is 0.637. The molecule has 0 aliphatic carbocycles. The zero-order chi connectivity index (χ0) is 9.14. The van der Waals surface area contributed by atoms with E-state index in [1.54, 1.807) is 0 Å². The number of hydrazine groups is 1. The maximum absolute atomic E-state index is 10.3. The van der Waals surface area contributed by atoms with E-state index in [1.807, 2.05) is 0 Å². The minimum absolute atomic E-state index is 0.00694. The Balaban J connectivity index is 2.68. The summed E-state index contributed by atoms with van der Waals surface area (Å²) in [4.78, 5) is 20.6. The average Bonchev–Trinajstić information content (AvgIpc) is 2.04. The Morgan fingerprint density at radius 2 is 2.08 bits per heavy atom. The monoisotopic (exact) mass is 170 g/mol. The van der Waals surface area contributed by atoms with Gasteiger partial charge in [-0.25, -0.2) is 9.59 Å². The molecule has 0 atom stereocenters. The number of carboxylic acid groups (broad SMARTS) is 2. The number of hydrogen-bond donors (Lipinski definition) is 3. The lowest BCUT2D eigenvalue weighted by Gasteiger charge is -2.17. The van der Waals surface area contributed by atoms with Crippen LogP contribution in [0.3, 0.4) is 0 Å². The van der Waals surface area contributed by atoms with Gasteiger partial charge in [-0.3, -0.25) is 5.43 Å². The van der Waals surface area contributed by atoms with E-state index in [0.29, 0.717) is 0 Å². The highest BCUT2D eigenvalue weighted by Gasteiger charge is 2.12. The van der Waals surface area contributed by atoms with E-state index in [9.17, 15) is 9.59 Å². The highest BCUT2D eigenvalue weighted by Crippen LogP contribution is 2.02. The zero-order valence-electron chi connectivity index (χ0n) is 5.89. The Labute approximate surface area is 67.4 Å². The van der Waals surface area contributed by atoms with E-state index in [2.05, 4.69) is 5.43 Å². The molecule has 6 nitrogen and oxygen atoms in total. The molecule has 0 unspecified atom stereocenters. The first-order valence-electron chi connectivity index (χ1n) is 3.01. The van der Waals surface area contributed by atoms with Crippen molar-refractivity contribution in [2.75, 3.05) is 0 Å². The van der Waals surface area contributed by atoms with Crippen molar-refractivity contribution in [2.45, 2.75) is 0 Å². The first-order chi connectivity index (χ1) is 5.61. The average molecular weight is 170 g/mol. The number of carbonyl (C=O) groups is 2. The summed E-state index contributed by atoms with van der Waals surface area (Å²) in [6.45, 7) is 0. The minimum Gasteiger partial charge on any atom is -0.478 e. The fourth-order valence-electron chi connectivity index (χ4n) is 0.637. The molecule has 64 valence electrons. The van der Waals surface area contributed by atoms with E-state index in [4.69, 9.17) is 10.2 Å². The summed E-state index contributed by atoms with van der Waals surface area (Å²) in [5.74, 6) is -1.11. The molecule has 0 spiro atoms. The van der Waals surface area contributed by atoms with Crippen LogP contribution < -0.4 is 5.43 Å². The molecule has 0 radical (unpaired) electrons. The van der Waals surface area contributed by atoms with Crippen molar-refractivity contribution >= 4 is 12.1 Å². The van der Waals surface area contributed by atoms with E-state index in [-0.39, 0.29) is 5.57 Å². The summed E-state index contributed by atoms with van der Waals surface area (Å²) in [5.41, 5.74) is 2.26. The molecule has 0 aromatic heterocycles. The van der Waals surface area contributed by atoms with Crippen LogP contribution >= 0.6 is 0 Å². The Bertz CT molecular complexity index is 281. The Hall–Kier alpha value is -1.98. The Morgan fingerprint density at radius 1 is 1.42 bits per heavy atom. The Morgan fingerprint density at radius 3 is 2.42 bits per heavy atom. The predicted octanol–water partition coefficient (Wildman–Crippen LogP) is -0.0332. The molecule has 0 aromatic carbocycles. The summed E-state index contributed by atoms with van der Waals surface area (Å²) in [6.07, 6.45) is 2.20. The van der Waals surface area contributed by atoms with Gasteiger partial charge >= 0.3 is 12.1 Å². The van der Waals surface area contributed by atoms with Crippen molar-refractivity contribution < 1.29 is 19.8 Å². The van der Waals surface area contributed by atoms with Crippen LogP contribution in [0.1, 0.15) is 0 Å². The lowest BCUT2D eigenvalue weighted by molar-refractivity contribution is -0.132. The zero-order valence-corrected chi connectivity index (χ0v) is 5.89. The van der Waals surface area contributed by atoms with E-state index >= 15 is 0 Å². The largest absolute Gasteiger partial charge is 0.478 e. The first-order valence-corrected chi connectivity index (χ1v) is 3.01. The number of carboxylic acids is 1. The standard InChI is InChI=1S/C6H6N2O4/c9-5(10)4-1-2-8(6(11)12)7-3-4/h1-3,7H,(H,9,10)(H,11,12). The quantitative estimate of drug-likeness (QED) is 0.514. The van der Waals surface area contributed by atoms with Crippen molar-refractivity contribution in [3.05, 3.63) is 24.0 Å². The third-order valence-electron chi connectivity index (χ3n) is 1.22. The molecule has 12 heavy (non-hydrogen) atoms. The summed E-state index contributed by atoms with van der Waals surface area (Å²) >= 11 is 0. The number of amides is 1. The van der Waals surface area contributed by atoms with Crippen molar-refractivity contribution in [2.24, 2.45) is 0 Å². The van der Waals surface area contributed by atoms with Crippen molar-refractivity contribution in [3.63, 3.8) is 0 Å². The fraction of sp³-hybridized carbons (Fsp3) is 0. The number of rotatable bonds is 1. The molecule has 1 aliphatic rings. The van der Waals surface area contributed by atoms with Gasteiger partial charge in [-0.2, -0.15) is 5.01 Å². The second kappa shape index (κ2) is 2.95. The molecule has 1 heterocycles. The van der Waals surface area contributed by atoms with Crippen LogP contribution in [-0.2, 0) is 4.79 Å². The van der Waals surface area contributed by atoms with Gasteiger partial charge in [0.05, 0.1) is 5.57 Å². The highest BCUT2D eigenvalue weighted by atomic mass is 16.4. The van der Waals surface area contributed by atoms with Crippen LogP contribution in [0, 0.1) is 0 Å². The van der Waals surface area contributed by atoms with Gasteiger partial charge in [-0.1, -0.05) is 0 Å². The predicted molar refractivity (Wildman–Crippen MR) is 37.9 cm³/mol. The van der Waals surface area contributed by atoms with Crippen LogP contribution in [0.2, 0.25) is 0 Å². The maximum atomic E-state index is 10.3. The molecule has 0 fully saturated rings. The molecule has 0 aromatic rings. The molecule has 0 saturated carbocycles. The first kappa shape index (κ1) is 8.12. The van der Waals surface area contributed by atoms with Gasteiger partial charge in [-0.05, 0) is 6.08 Å². The van der Waals surface area contributed by atoms with E-state index in [1.165, 1.54) is 6.08 Å². The van der Waals surface area contributed by atoms with Crippen molar-refractivity contribution in [1.29, 1.82) is 0 Å². The lowest BCUT2D eigenvalue weighted by atomic mass is 10.3. The summed E-state index contributed by atoms with van der Waals surface area (Å²) in [6, 6.07) is 0. The van der Waals surface area contributed by atoms with Crippen LogP contribution in [0.4, 0.5) is 4.79 Å². The molecule has 0 saturated heterocycles. The topological polar surface area (TPSA) is 89.9 Å². The highest BCUT2D eigenvalue weighted by molar-refractivity contribution is 5.90.